The van der Waals surface area contributed by atoms with Gasteiger partial charge in [0.2, 0.25) is 0 Å². The zero-order valence-corrected chi connectivity index (χ0v) is 39.9. The molecule has 0 unspecified atom stereocenters. The van der Waals surface area contributed by atoms with Crippen LogP contribution < -0.4 is 0 Å². The summed E-state index contributed by atoms with van der Waals surface area (Å²) in [5.74, 6) is 1.69. The van der Waals surface area contributed by atoms with Crippen LogP contribution in [0.2, 0.25) is 0 Å². The number of nitrogens with zero attached hydrogens (tertiary/aromatic N) is 6. The molecule has 5 heterocycles. The van der Waals surface area contributed by atoms with Gasteiger partial charge >= 0.3 is 0 Å². The van der Waals surface area contributed by atoms with E-state index in [1.54, 1.807) is 0 Å². The van der Waals surface area contributed by atoms with Gasteiger partial charge in [0.05, 0.1) is 45.1 Å². The van der Waals surface area contributed by atoms with Gasteiger partial charge < -0.3 is 9.13 Å². The second kappa shape index (κ2) is 15.9. The van der Waals surface area contributed by atoms with Gasteiger partial charge in [-0.25, -0.2) is 15.0 Å². The molecule has 72 heavy (non-hydrogen) atoms. The third-order valence-corrected chi connectivity index (χ3v) is 16.6. The number of hydrogen-bond donors (Lipinski definition) is 0. The quantitative estimate of drug-likeness (QED) is 0.166. The summed E-state index contributed by atoms with van der Waals surface area (Å²) in [6.07, 6.45) is 0. The molecule has 15 aromatic rings. The molecule has 8 heteroatoms. The molecule has 0 atom stereocenters. The predicted octanol–water partition coefficient (Wildman–Crippen LogP) is 17.3. The molecule has 0 saturated heterocycles. The molecule has 0 fully saturated rings. The van der Waals surface area contributed by atoms with Gasteiger partial charge in [0, 0.05) is 89.7 Å². The Balaban J connectivity index is 1.09. The number of fused-ring (bicyclic) bond motifs is 14. The molecule has 334 valence electrons. The van der Waals surface area contributed by atoms with Crippen molar-refractivity contribution in [2.24, 2.45) is 0 Å². The Hall–Kier alpha value is -9.26. The van der Waals surface area contributed by atoms with Crippen LogP contribution >= 0.6 is 22.7 Å². The lowest BCUT2D eigenvalue weighted by atomic mass is 9.95. The van der Waals surface area contributed by atoms with Crippen molar-refractivity contribution in [3.63, 3.8) is 0 Å². The van der Waals surface area contributed by atoms with Crippen LogP contribution in [0.3, 0.4) is 0 Å². The van der Waals surface area contributed by atoms with Crippen LogP contribution in [0.5, 0.6) is 0 Å². The van der Waals surface area contributed by atoms with E-state index in [1.165, 1.54) is 56.5 Å². The van der Waals surface area contributed by atoms with Crippen LogP contribution in [-0.4, -0.2) is 24.1 Å². The molecule has 0 saturated carbocycles. The van der Waals surface area contributed by atoms with Gasteiger partial charge in [0.25, 0.3) is 0 Å². The Bertz CT molecular complexity index is 4710. The van der Waals surface area contributed by atoms with Gasteiger partial charge in [-0.2, -0.15) is 5.26 Å². The lowest BCUT2D eigenvalue weighted by Crippen LogP contribution is -2.06. The van der Waals surface area contributed by atoms with Gasteiger partial charge in [-0.05, 0) is 60.7 Å². The highest BCUT2D eigenvalue weighted by atomic mass is 32.1. The van der Waals surface area contributed by atoms with Crippen molar-refractivity contribution in [2.75, 3.05) is 0 Å². The highest BCUT2D eigenvalue weighted by Gasteiger charge is 2.27. The standard InChI is InChI=1S/C64H36N6S2/c65-37-38-30-33-52(69-50-26-11-7-22-46(50)57-53(69)34-31-44-41-20-9-13-28-55(41)71-60(44)57)49(36-38)43-24-15-25-48(64-67-62(39-16-3-1-4-17-39)66-63(68-64)40-18-5-2-6-19-40)59(43)70-51-27-12-8-23-47(51)58-54(70)35-32-45-42-21-10-14-29-56(42)72-61(45)58/h1-36H. The Labute approximate surface area is 420 Å². The van der Waals surface area contributed by atoms with E-state index in [2.05, 4.69) is 167 Å². The first kappa shape index (κ1) is 40.6. The highest BCUT2D eigenvalue weighted by Crippen LogP contribution is 2.49. The summed E-state index contributed by atoms with van der Waals surface area (Å²) < 4.78 is 9.84. The topological polar surface area (TPSA) is 72.3 Å². The van der Waals surface area contributed by atoms with Gasteiger partial charge in [-0.3, -0.25) is 0 Å². The van der Waals surface area contributed by atoms with Crippen LogP contribution in [0, 0.1) is 11.3 Å². The second-order valence-corrected chi connectivity index (χ2v) is 20.3. The van der Waals surface area contributed by atoms with Crippen LogP contribution in [-0.2, 0) is 0 Å². The van der Waals surface area contributed by atoms with Crippen molar-refractivity contribution in [1.29, 1.82) is 5.26 Å². The van der Waals surface area contributed by atoms with E-state index in [9.17, 15) is 5.26 Å². The third-order valence-electron chi connectivity index (χ3n) is 14.2. The molecule has 10 aromatic carbocycles. The van der Waals surface area contributed by atoms with E-state index in [-0.39, 0.29) is 0 Å². The fraction of sp³-hybridized carbons (Fsp3) is 0. The Kier molecular flexibility index (Phi) is 8.96. The summed E-state index contributed by atoms with van der Waals surface area (Å²) in [7, 11) is 0. The molecule has 5 aromatic heterocycles. The molecule has 0 aliphatic heterocycles. The highest BCUT2D eigenvalue weighted by molar-refractivity contribution is 7.27. The van der Waals surface area contributed by atoms with E-state index in [1.807, 2.05) is 89.4 Å². The van der Waals surface area contributed by atoms with E-state index >= 15 is 0 Å². The number of rotatable bonds is 6. The molecular weight excluding hydrogens is 917 g/mol. The molecule has 15 rings (SSSR count). The molecule has 0 bridgehead atoms. The van der Waals surface area contributed by atoms with Gasteiger partial charge in [-0.15, -0.1) is 22.7 Å². The maximum Gasteiger partial charge on any atom is 0.166 e. The van der Waals surface area contributed by atoms with Crippen molar-refractivity contribution in [2.45, 2.75) is 0 Å². The van der Waals surface area contributed by atoms with E-state index in [4.69, 9.17) is 15.0 Å². The first-order valence-corrected chi connectivity index (χ1v) is 25.5. The lowest BCUT2D eigenvalue weighted by Gasteiger charge is -2.21. The number of hydrogen-bond acceptors (Lipinski definition) is 6. The number of nitriles is 1. The van der Waals surface area contributed by atoms with Crippen LogP contribution in [0.25, 0.3) is 141 Å². The summed E-state index contributed by atoms with van der Waals surface area (Å²) in [5, 5.41) is 20.5. The predicted molar refractivity (Wildman–Crippen MR) is 301 cm³/mol. The Morgan fingerprint density at radius 1 is 0.361 bits per heavy atom. The first-order valence-electron chi connectivity index (χ1n) is 23.9. The van der Waals surface area contributed by atoms with Crippen molar-refractivity contribution in [3.8, 4) is 62.7 Å². The van der Waals surface area contributed by atoms with Gasteiger partial charge in [-0.1, -0.05) is 158 Å². The Morgan fingerprint density at radius 2 is 0.847 bits per heavy atom. The molecule has 0 aliphatic rings. The van der Waals surface area contributed by atoms with Crippen LogP contribution in [0.15, 0.2) is 218 Å². The normalized spacial score (nSPS) is 11.9. The first-order chi connectivity index (χ1) is 35.7. The van der Waals surface area contributed by atoms with Crippen molar-refractivity contribution in [3.05, 3.63) is 224 Å². The molecule has 0 spiro atoms. The number of aromatic nitrogens is 5. The smallest absolute Gasteiger partial charge is 0.166 e. The zero-order chi connectivity index (χ0) is 47.4. The fourth-order valence-corrected chi connectivity index (χ4v) is 13.6. The van der Waals surface area contributed by atoms with Crippen LogP contribution in [0.1, 0.15) is 5.56 Å². The summed E-state index contributed by atoms with van der Waals surface area (Å²) in [5.41, 5.74) is 11.1. The average molecular weight is 953 g/mol. The number of para-hydroxylation sites is 3. The number of benzene rings is 10. The zero-order valence-electron chi connectivity index (χ0n) is 38.3. The molecular formula is C64H36N6S2. The van der Waals surface area contributed by atoms with E-state index < -0.39 is 0 Å². The molecule has 0 amide bonds. The summed E-state index contributed by atoms with van der Waals surface area (Å²) in [4.78, 5) is 15.9. The van der Waals surface area contributed by atoms with E-state index in [0.29, 0.717) is 23.0 Å². The van der Waals surface area contributed by atoms with Crippen molar-refractivity contribution >= 4 is 107 Å². The third kappa shape index (κ3) is 6.02. The minimum Gasteiger partial charge on any atom is -0.309 e. The van der Waals surface area contributed by atoms with E-state index in [0.717, 1.165) is 66.6 Å². The van der Waals surface area contributed by atoms with Crippen LogP contribution in [0.4, 0.5) is 0 Å². The van der Waals surface area contributed by atoms with Crippen molar-refractivity contribution in [1.82, 2.24) is 24.1 Å². The maximum atomic E-state index is 10.8. The summed E-state index contributed by atoms with van der Waals surface area (Å²) in [6, 6.07) is 79.4. The largest absolute Gasteiger partial charge is 0.309 e. The maximum absolute atomic E-state index is 10.8. The van der Waals surface area contributed by atoms with Gasteiger partial charge in [0.1, 0.15) is 0 Å². The lowest BCUT2D eigenvalue weighted by molar-refractivity contribution is 1.06. The molecule has 0 N–H and O–H groups in total. The monoisotopic (exact) mass is 952 g/mol. The SMILES string of the molecule is N#Cc1ccc(-n2c3ccccc3c3c4sc5ccccc5c4ccc32)c(-c2cccc(-c3nc(-c4ccccc4)nc(-c4ccccc4)n3)c2-n2c3ccccc3c3c4sc5ccccc5c4ccc32)c1. The minimum absolute atomic E-state index is 0.537. The Morgan fingerprint density at radius 3 is 1.43 bits per heavy atom. The summed E-state index contributed by atoms with van der Waals surface area (Å²) >= 11 is 3.69. The van der Waals surface area contributed by atoms with Crippen molar-refractivity contribution < 1.29 is 0 Å². The average Bonchev–Trinajstić information content (AvgIpc) is 4.21. The molecule has 0 aliphatic carbocycles. The number of thiophene rings is 2. The minimum atomic E-state index is 0.537. The van der Waals surface area contributed by atoms with Gasteiger partial charge in [0.15, 0.2) is 17.5 Å². The fourth-order valence-electron chi connectivity index (χ4n) is 11.1. The summed E-state index contributed by atoms with van der Waals surface area (Å²) in [6.45, 7) is 0. The second-order valence-electron chi connectivity index (χ2n) is 18.2. The molecule has 6 nitrogen and oxygen atoms in total. The molecule has 0 radical (unpaired) electrons.